The number of thiazole rings is 1. The van der Waals surface area contributed by atoms with Crippen LogP contribution in [0.2, 0.25) is 0 Å². The van der Waals surface area contributed by atoms with Gasteiger partial charge in [-0.2, -0.15) is 4.36 Å². The van der Waals surface area contributed by atoms with E-state index in [2.05, 4.69) is 9.35 Å². The fourth-order valence-electron chi connectivity index (χ4n) is 4.18. The van der Waals surface area contributed by atoms with Crippen molar-refractivity contribution in [2.24, 2.45) is 16.2 Å². The first-order chi connectivity index (χ1) is 13.6. The Bertz CT molecular complexity index is 888. The summed E-state index contributed by atoms with van der Waals surface area (Å²) in [5.41, 5.74) is 2.33. The molecule has 0 aliphatic carbocycles. The summed E-state index contributed by atoms with van der Waals surface area (Å²) in [6, 6.07) is 0. The van der Waals surface area contributed by atoms with Crippen LogP contribution >= 0.6 is 11.3 Å². The smallest absolute Gasteiger partial charge is 0.297 e. The summed E-state index contributed by atoms with van der Waals surface area (Å²) in [4.78, 5) is 32.3. The SMILES string of the molecule is CC(C)c1ncsc1C(=O)N=S1(=O)CCCN(C(=O)C2C(C)OC(C)C2C)CC1. The van der Waals surface area contributed by atoms with E-state index in [9.17, 15) is 13.8 Å². The maximum absolute atomic E-state index is 13.3. The highest BCUT2D eigenvalue weighted by Gasteiger charge is 2.43. The lowest BCUT2D eigenvalue weighted by atomic mass is 9.88. The minimum atomic E-state index is -2.69. The van der Waals surface area contributed by atoms with E-state index >= 15 is 0 Å². The second-order valence-corrected chi connectivity index (χ2v) is 11.8. The molecule has 3 rings (SSSR count). The van der Waals surface area contributed by atoms with Crippen LogP contribution in [0.4, 0.5) is 0 Å². The number of hydrogen-bond acceptors (Lipinski definition) is 6. The van der Waals surface area contributed by atoms with E-state index in [1.165, 1.54) is 11.3 Å². The highest BCUT2D eigenvalue weighted by Crippen LogP contribution is 2.34. The zero-order chi connectivity index (χ0) is 21.3. The Kier molecular flexibility index (Phi) is 6.80. The van der Waals surface area contributed by atoms with Crippen LogP contribution in [0.1, 0.15) is 62.3 Å². The van der Waals surface area contributed by atoms with Crippen LogP contribution in [-0.4, -0.2) is 62.7 Å². The lowest BCUT2D eigenvalue weighted by molar-refractivity contribution is -0.137. The molecule has 7 nitrogen and oxygen atoms in total. The standard InChI is InChI=1S/C20H31N3O4S2/c1-12(2)17-18(28-11-21-17)19(24)22-29(26)9-6-7-23(8-10-29)20(25)16-13(3)14(4)27-15(16)5/h11-16H,6-10H2,1-5H3. The molecular formula is C20H31N3O4S2. The molecule has 3 heterocycles. The maximum Gasteiger partial charge on any atom is 0.297 e. The van der Waals surface area contributed by atoms with Crippen LogP contribution in [0.5, 0.6) is 0 Å². The van der Waals surface area contributed by atoms with Gasteiger partial charge >= 0.3 is 0 Å². The van der Waals surface area contributed by atoms with Crippen molar-refractivity contribution in [1.29, 1.82) is 0 Å². The number of aromatic nitrogens is 1. The molecule has 0 spiro atoms. The summed E-state index contributed by atoms with van der Waals surface area (Å²) in [6.07, 6.45) is 0.511. The van der Waals surface area contributed by atoms with Gasteiger partial charge in [-0.25, -0.2) is 9.19 Å². The number of ether oxygens (including phenoxy) is 1. The molecule has 5 unspecified atom stereocenters. The Labute approximate surface area is 177 Å². The Hall–Kier alpha value is -1.32. The van der Waals surface area contributed by atoms with Gasteiger partial charge in [-0.3, -0.25) is 9.59 Å². The normalized spacial score (nSPS) is 33.0. The molecule has 0 radical (unpaired) electrons. The minimum Gasteiger partial charge on any atom is -0.374 e. The van der Waals surface area contributed by atoms with Crippen LogP contribution in [0.25, 0.3) is 0 Å². The Morgan fingerprint density at radius 3 is 2.59 bits per heavy atom. The number of carbonyl (C=O) groups is 2. The van der Waals surface area contributed by atoms with Crippen LogP contribution in [-0.2, 0) is 19.3 Å². The minimum absolute atomic E-state index is 0.0531. The van der Waals surface area contributed by atoms with E-state index in [-0.39, 0.29) is 41.6 Å². The number of amides is 2. The van der Waals surface area contributed by atoms with Gasteiger partial charge in [-0.05, 0) is 32.1 Å². The van der Waals surface area contributed by atoms with Gasteiger partial charge in [-0.1, -0.05) is 20.8 Å². The van der Waals surface area contributed by atoms with E-state index < -0.39 is 15.6 Å². The van der Waals surface area contributed by atoms with E-state index in [1.807, 2.05) is 34.6 Å². The Morgan fingerprint density at radius 1 is 1.24 bits per heavy atom. The van der Waals surface area contributed by atoms with Gasteiger partial charge in [-0.15, -0.1) is 11.3 Å². The molecule has 29 heavy (non-hydrogen) atoms. The van der Waals surface area contributed by atoms with Crippen LogP contribution in [0.3, 0.4) is 0 Å². The molecule has 162 valence electrons. The van der Waals surface area contributed by atoms with E-state index in [0.717, 1.165) is 0 Å². The van der Waals surface area contributed by atoms with Crippen molar-refractivity contribution < 1.29 is 18.5 Å². The highest BCUT2D eigenvalue weighted by atomic mass is 32.2. The van der Waals surface area contributed by atoms with Crippen molar-refractivity contribution in [2.45, 2.75) is 59.2 Å². The van der Waals surface area contributed by atoms with Crippen LogP contribution in [0, 0.1) is 11.8 Å². The van der Waals surface area contributed by atoms with Gasteiger partial charge in [0, 0.05) is 24.6 Å². The fourth-order valence-corrected chi connectivity index (χ4v) is 6.93. The average Bonchev–Trinajstić information content (AvgIpc) is 3.17. The topological polar surface area (TPSA) is 88.9 Å². The fraction of sp³-hybridized carbons (Fsp3) is 0.750. The lowest BCUT2D eigenvalue weighted by Crippen LogP contribution is -2.42. The van der Waals surface area contributed by atoms with E-state index in [0.29, 0.717) is 35.8 Å². The molecule has 2 aliphatic rings. The predicted molar refractivity (Wildman–Crippen MR) is 115 cm³/mol. The lowest BCUT2D eigenvalue weighted by Gasteiger charge is -2.27. The molecule has 2 fully saturated rings. The first-order valence-electron chi connectivity index (χ1n) is 10.3. The second kappa shape index (κ2) is 8.81. The average molecular weight is 442 g/mol. The van der Waals surface area contributed by atoms with Gasteiger partial charge < -0.3 is 9.64 Å². The molecular weight excluding hydrogens is 410 g/mol. The van der Waals surface area contributed by atoms with Crippen LogP contribution < -0.4 is 0 Å². The summed E-state index contributed by atoms with van der Waals surface area (Å²) in [5, 5.41) is 0. The summed E-state index contributed by atoms with van der Waals surface area (Å²) in [5.74, 6) is 0.263. The summed E-state index contributed by atoms with van der Waals surface area (Å²) in [6.45, 7) is 10.8. The van der Waals surface area contributed by atoms with Crippen molar-refractivity contribution in [1.82, 2.24) is 9.88 Å². The predicted octanol–water partition coefficient (Wildman–Crippen LogP) is 3.17. The maximum atomic E-state index is 13.3. The first-order valence-corrected chi connectivity index (χ1v) is 13.0. The summed E-state index contributed by atoms with van der Waals surface area (Å²) >= 11 is 1.24. The number of carbonyl (C=O) groups excluding carboxylic acids is 2. The zero-order valence-electron chi connectivity index (χ0n) is 17.8. The van der Waals surface area contributed by atoms with Gasteiger partial charge in [0.05, 0.1) is 39.1 Å². The molecule has 0 aromatic carbocycles. The Balaban J connectivity index is 1.74. The molecule has 2 amide bonds. The summed E-state index contributed by atoms with van der Waals surface area (Å²) in [7, 11) is -2.69. The monoisotopic (exact) mass is 441 g/mol. The van der Waals surface area contributed by atoms with E-state index in [1.54, 1.807) is 10.4 Å². The van der Waals surface area contributed by atoms with Crippen molar-refractivity contribution in [3.63, 3.8) is 0 Å². The van der Waals surface area contributed by atoms with Gasteiger partial charge in [0.25, 0.3) is 5.91 Å². The molecule has 1 aromatic heterocycles. The number of hydrogen-bond donors (Lipinski definition) is 0. The van der Waals surface area contributed by atoms with Gasteiger partial charge in [0.2, 0.25) is 5.91 Å². The molecule has 2 saturated heterocycles. The largest absolute Gasteiger partial charge is 0.374 e. The third-order valence-electron chi connectivity index (χ3n) is 6.00. The first kappa shape index (κ1) is 22.4. The van der Waals surface area contributed by atoms with Gasteiger partial charge in [0.1, 0.15) is 4.88 Å². The van der Waals surface area contributed by atoms with Crippen molar-refractivity contribution >= 4 is 32.9 Å². The van der Waals surface area contributed by atoms with Gasteiger partial charge in [0.15, 0.2) is 0 Å². The third-order valence-corrected chi connectivity index (χ3v) is 9.07. The third kappa shape index (κ3) is 4.72. The number of rotatable bonds is 3. The number of nitrogens with zero attached hydrogens (tertiary/aromatic N) is 3. The molecule has 9 heteroatoms. The van der Waals surface area contributed by atoms with Crippen molar-refractivity contribution in [3.8, 4) is 0 Å². The molecule has 0 N–H and O–H groups in total. The molecule has 2 aliphatic heterocycles. The second-order valence-electron chi connectivity index (χ2n) is 8.41. The molecule has 0 bridgehead atoms. The van der Waals surface area contributed by atoms with Crippen LogP contribution in [0.15, 0.2) is 9.87 Å². The molecule has 5 atom stereocenters. The Morgan fingerprint density at radius 2 is 1.97 bits per heavy atom. The highest BCUT2D eigenvalue weighted by molar-refractivity contribution is 7.93. The molecule has 1 aromatic rings. The van der Waals surface area contributed by atoms with Crippen molar-refractivity contribution in [2.75, 3.05) is 24.6 Å². The zero-order valence-corrected chi connectivity index (χ0v) is 19.4. The quantitative estimate of drug-likeness (QED) is 0.719. The van der Waals surface area contributed by atoms with Crippen molar-refractivity contribution in [3.05, 3.63) is 16.1 Å². The van der Waals surface area contributed by atoms with E-state index in [4.69, 9.17) is 4.74 Å². The molecule has 0 saturated carbocycles. The summed E-state index contributed by atoms with van der Waals surface area (Å²) < 4.78 is 23.3.